The number of hydrogen-bond acceptors (Lipinski definition) is 5. The van der Waals surface area contributed by atoms with Crippen LogP contribution in [0.1, 0.15) is 265 Å². The van der Waals surface area contributed by atoms with E-state index in [9.17, 15) is 9.59 Å². The molecule has 0 aliphatic rings. The molecule has 0 aliphatic heterocycles. The Morgan fingerprint density at radius 2 is 0.606 bits per heavy atom. The number of ether oxygens (including phenoxy) is 3. The van der Waals surface area contributed by atoms with Gasteiger partial charge in [0.25, 0.3) is 0 Å². The molecule has 1 atom stereocenters. The summed E-state index contributed by atoms with van der Waals surface area (Å²) < 4.78 is 17.4. The Morgan fingerprint density at radius 1 is 0.318 bits per heavy atom. The molecule has 0 bridgehead atoms. The van der Waals surface area contributed by atoms with Gasteiger partial charge in [-0.05, 0) is 89.9 Å². The van der Waals surface area contributed by atoms with Gasteiger partial charge in [0.2, 0.25) is 0 Å². The van der Waals surface area contributed by atoms with Crippen LogP contribution in [-0.4, -0.2) is 37.9 Å². The number of allylic oxidation sites excluding steroid dienone is 14. The Balaban J connectivity index is 4.39. The van der Waals surface area contributed by atoms with Crippen LogP contribution < -0.4 is 0 Å². The number of unbranched alkanes of at least 4 members (excludes halogenated alkanes) is 26. The molecule has 0 fully saturated rings. The minimum atomic E-state index is -0.438. The summed E-state index contributed by atoms with van der Waals surface area (Å²) in [5.41, 5.74) is 0. The molecule has 5 heteroatoms. The molecule has 0 amide bonds. The lowest BCUT2D eigenvalue weighted by Crippen LogP contribution is -2.29. The summed E-state index contributed by atoms with van der Waals surface area (Å²) in [7, 11) is 0. The third-order valence-electron chi connectivity index (χ3n) is 12.0. The van der Waals surface area contributed by atoms with Crippen molar-refractivity contribution in [2.24, 2.45) is 0 Å². The van der Waals surface area contributed by atoms with Crippen LogP contribution in [0.3, 0.4) is 0 Å². The summed E-state index contributed by atoms with van der Waals surface area (Å²) in [6, 6.07) is 0. The zero-order valence-corrected chi connectivity index (χ0v) is 43.7. The van der Waals surface area contributed by atoms with Crippen molar-refractivity contribution in [1.82, 2.24) is 0 Å². The third kappa shape index (κ3) is 53.7. The average molecular weight is 920 g/mol. The largest absolute Gasteiger partial charge is 0.463 e. The molecule has 0 spiro atoms. The number of rotatable bonds is 51. The lowest BCUT2D eigenvalue weighted by atomic mass is 10.0. The fourth-order valence-electron chi connectivity index (χ4n) is 7.67. The van der Waals surface area contributed by atoms with E-state index in [4.69, 9.17) is 14.2 Å². The maximum absolute atomic E-state index is 12.6. The van der Waals surface area contributed by atoms with Gasteiger partial charge in [0.15, 0.2) is 0 Å². The fourth-order valence-corrected chi connectivity index (χ4v) is 7.67. The van der Waals surface area contributed by atoms with E-state index in [0.717, 1.165) is 70.6 Å². The highest BCUT2D eigenvalue weighted by Gasteiger charge is 2.16. The molecule has 0 saturated heterocycles. The van der Waals surface area contributed by atoms with Gasteiger partial charge in [-0.2, -0.15) is 0 Å². The molecule has 0 unspecified atom stereocenters. The highest BCUT2D eigenvalue weighted by atomic mass is 16.6. The molecule has 0 N–H and O–H groups in total. The Labute approximate surface area is 409 Å². The van der Waals surface area contributed by atoms with Crippen molar-refractivity contribution in [2.45, 2.75) is 271 Å². The van der Waals surface area contributed by atoms with Crippen LogP contribution >= 0.6 is 0 Å². The lowest BCUT2D eigenvalue weighted by molar-refractivity contribution is -0.155. The summed E-state index contributed by atoms with van der Waals surface area (Å²) in [5.74, 6) is -0.438. The van der Waals surface area contributed by atoms with Crippen LogP contribution in [0.25, 0.3) is 0 Å². The molecular formula is C61H106O5. The van der Waals surface area contributed by atoms with Crippen molar-refractivity contribution in [1.29, 1.82) is 0 Å². The molecule has 66 heavy (non-hydrogen) atoms. The van der Waals surface area contributed by atoms with Gasteiger partial charge in [-0.1, -0.05) is 247 Å². The molecule has 0 aliphatic carbocycles. The van der Waals surface area contributed by atoms with E-state index in [1.807, 2.05) is 6.08 Å². The van der Waals surface area contributed by atoms with Gasteiger partial charge in [-0.3, -0.25) is 9.59 Å². The van der Waals surface area contributed by atoms with E-state index in [-0.39, 0.29) is 25.2 Å². The number of carbonyl (C=O) groups is 2. The van der Waals surface area contributed by atoms with Crippen LogP contribution in [0, 0.1) is 0 Å². The first-order chi connectivity index (χ1) is 32.6. The summed E-state index contributed by atoms with van der Waals surface area (Å²) in [6.07, 6.45) is 74.9. The second-order valence-corrected chi connectivity index (χ2v) is 18.5. The lowest BCUT2D eigenvalue weighted by Gasteiger charge is -2.18. The van der Waals surface area contributed by atoms with Crippen LogP contribution in [0.2, 0.25) is 0 Å². The molecule has 0 radical (unpaired) electrons. The Morgan fingerprint density at radius 3 is 1.02 bits per heavy atom. The molecule has 0 aromatic rings. The minimum absolute atomic E-state index is 0.112. The van der Waals surface area contributed by atoms with Gasteiger partial charge in [-0.15, -0.1) is 0 Å². The quantitative estimate of drug-likeness (QED) is 0.0346. The number of carbonyl (C=O) groups excluding carboxylic acids is 2. The van der Waals surface area contributed by atoms with Crippen LogP contribution in [0.4, 0.5) is 0 Å². The minimum Gasteiger partial charge on any atom is -0.463 e. The zero-order valence-electron chi connectivity index (χ0n) is 43.7. The molecule has 0 aromatic heterocycles. The Kier molecular flexibility index (Phi) is 53.9. The fraction of sp³-hybridized carbons (Fsp3) is 0.738. The maximum atomic E-state index is 12.6. The maximum Gasteiger partial charge on any atom is 0.306 e. The molecule has 0 rings (SSSR count). The first-order valence-corrected chi connectivity index (χ1v) is 28.1. The smallest absolute Gasteiger partial charge is 0.306 e. The summed E-state index contributed by atoms with van der Waals surface area (Å²) in [4.78, 5) is 25.2. The van der Waals surface area contributed by atoms with Gasteiger partial charge in [0, 0.05) is 19.4 Å². The third-order valence-corrected chi connectivity index (χ3v) is 12.0. The molecule has 380 valence electrons. The number of hydrogen-bond donors (Lipinski definition) is 0. The van der Waals surface area contributed by atoms with Crippen molar-refractivity contribution in [2.75, 3.05) is 19.8 Å². The van der Waals surface area contributed by atoms with E-state index < -0.39 is 6.10 Å². The summed E-state index contributed by atoms with van der Waals surface area (Å²) >= 11 is 0. The van der Waals surface area contributed by atoms with E-state index in [0.29, 0.717) is 25.9 Å². The van der Waals surface area contributed by atoms with Crippen molar-refractivity contribution >= 4 is 11.9 Å². The van der Waals surface area contributed by atoms with Gasteiger partial charge in [0.1, 0.15) is 19.3 Å². The Hall–Kier alpha value is -2.92. The second kappa shape index (κ2) is 56.4. The highest BCUT2D eigenvalue weighted by Crippen LogP contribution is 2.15. The number of esters is 2. The van der Waals surface area contributed by atoms with Crippen LogP contribution in [-0.2, 0) is 23.8 Å². The van der Waals surface area contributed by atoms with Crippen molar-refractivity contribution < 1.29 is 23.8 Å². The van der Waals surface area contributed by atoms with Gasteiger partial charge >= 0.3 is 11.9 Å². The van der Waals surface area contributed by atoms with Crippen molar-refractivity contribution in [3.8, 4) is 0 Å². The Bertz CT molecular complexity index is 1220. The standard InChI is InChI=1S/C61H106O5/c1-4-7-10-13-16-19-22-25-28-30-31-32-34-37-40-43-46-49-52-55-61(63)66-58-59(64-56-53-50-47-44-41-38-35-29-26-23-20-17-14-11-8-5-2)57-65-60(62)54-51-48-45-42-39-36-33-27-24-21-18-15-12-9-6-3/h16,18-19,21,25,27-28,31-33,37,40,46,49,59H,4-15,17,20,22-24,26,29-30,34-36,38-39,41-45,47-48,50-58H2,1-3H3/b19-16-,21-18-,28-25-,32-31-,33-27-,40-37-,49-46-/t59-/m0/s1. The second-order valence-electron chi connectivity index (χ2n) is 18.5. The summed E-state index contributed by atoms with van der Waals surface area (Å²) in [6.45, 7) is 7.60. The van der Waals surface area contributed by atoms with Crippen LogP contribution in [0.15, 0.2) is 85.1 Å². The molecule has 0 aromatic carbocycles. The van der Waals surface area contributed by atoms with Crippen molar-refractivity contribution in [3.05, 3.63) is 85.1 Å². The van der Waals surface area contributed by atoms with E-state index >= 15 is 0 Å². The van der Waals surface area contributed by atoms with E-state index in [1.54, 1.807) is 0 Å². The zero-order chi connectivity index (χ0) is 47.7. The molecular weight excluding hydrogens is 813 g/mol. The monoisotopic (exact) mass is 919 g/mol. The topological polar surface area (TPSA) is 61.8 Å². The van der Waals surface area contributed by atoms with Crippen molar-refractivity contribution in [3.63, 3.8) is 0 Å². The van der Waals surface area contributed by atoms with E-state index in [2.05, 4.69) is 99.8 Å². The highest BCUT2D eigenvalue weighted by molar-refractivity contribution is 5.70. The molecule has 5 nitrogen and oxygen atoms in total. The van der Waals surface area contributed by atoms with Gasteiger partial charge in [-0.25, -0.2) is 0 Å². The van der Waals surface area contributed by atoms with E-state index in [1.165, 1.54) is 154 Å². The van der Waals surface area contributed by atoms with Gasteiger partial charge in [0.05, 0.1) is 0 Å². The normalized spacial score (nSPS) is 12.8. The van der Waals surface area contributed by atoms with Crippen LogP contribution in [0.5, 0.6) is 0 Å². The first kappa shape index (κ1) is 63.1. The molecule has 0 heterocycles. The average Bonchev–Trinajstić information content (AvgIpc) is 3.32. The van der Waals surface area contributed by atoms with Gasteiger partial charge < -0.3 is 14.2 Å². The summed E-state index contributed by atoms with van der Waals surface area (Å²) in [5, 5.41) is 0. The SMILES string of the molecule is CCCCC/C=C\C/C=C\C/C=C\C/C=C\C/C=C\CCC(=O)OC[C@H](COC(=O)CCCCCCC/C=C\C/C=C\CCCCC)OCCCCCCCCCCCCCCCCCC. The first-order valence-electron chi connectivity index (χ1n) is 28.1. The molecule has 0 saturated carbocycles. The predicted molar refractivity (Wildman–Crippen MR) is 288 cm³/mol. The predicted octanol–water partition coefficient (Wildman–Crippen LogP) is 19.2.